The molecule has 17 heavy (non-hydrogen) atoms. The van der Waals surface area contributed by atoms with Gasteiger partial charge in [0.25, 0.3) is 0 Å². The number of thiophene rings is 1. The van der Waals surface area contributed by atoms with Gasteiger partial charge < -0.3 is 9.64 Å². The maximum absolute atomic E-state index is 12.0. The Kier molecular flexibility index (Phi) is 5.69. The van der Waals surface area contributed by atoms with E-state index < -0.39 is 0 Å². The summed E-state index contributed by atoms with van der Waals surface area (Å²) in [4.78, 5) is 25.7. The van der Waals surface area contributed by atoms with Crippen molar-refractivity contribution in [3.63, 3.8) is 0 Å². The summed E-state index contributed by atoms with van der Waals surface area (Å²) in [7, 11) is 1.33. The number of amides is 1. The molecular weight excluding hydrogens is 238 g/mol. The second-order valence-corrected chi connectivity index (χ2v) is 4.68. The third-order valence-electron chi connectivity index (χ3n) is 2.30. The van der Waals surface area contributed by atoms with Gasteiger partial charge in [0.15, 0.2) is 0 Å². The predicted octanol–water partition coefficient (Wildman–Crippen LogP) is 1.70. The summed E-state index contributed by atoms with van der Waals surface area (Å²) in [6, 6.07) is 3.84. The lowest BCUT2D eigenvalue weighted by Gasteiger charge is -2.20. The minimum atomic E-state index is -0.377. The molecule has 4 nitrogen and oxygen atoms in total. The van der Waals surface area contributed by atoms with Gasteiger partial charge in [0.2, 0.25) is 5.91 Å². The lowest BCUT2D eigenvalue weighted by Crippen LogP contribution is -2.37. The zero-order chi connectivity index (χ0) is 12.7. The molecule has 0 saturated heterocycles. The minimum absolute atomic E-state index is 0.0281. The summed E-state index contributed by atoms with van der Waals surface area (Å²) in [5.74, 6) is -0.405. The monoisotopic (exact) mass is 255 g/mol. The van der Waals surface area contributed by atoms with Crippen LogP contribution in [0.1, 0.15) is 18.2 Å². The number of esters is 1. The molecule has 0 spiro atoms. The summed E-state index contributed by atoms with van der Waals surface area (Å²) in [6.07, 6.45) is 1.18. The van der Waals surface area contributed by atoms with Gasteiger partial charge in [-0.25, -0.2) is 0 Å². The highest BCUT2D eigenvalue weighted by Crippen LogP contribution is 2.10. The number of carbonyl (C=O) groups is 2. The Labute approximate surface area is 105 Å². The molecule has 1 heterocycles. The van der Waals surface area contributed by atoms with E-state index in [0.717, 1.165) is 11.3 Å². The summed E-state index contributed by atoms with van der Waals surface area (Å²) in [5.41, 5.74) is 0. The Hall–Kier alpha value is -1.36. The molecule has 0 aromatic carbocycles. The lowest BCUT2D eigenvalue weighted by molar-refractivity contribution is -0.146. The zero-order valence-corrected chi connectivity index (χ0v) is 11.0. The van der Waals surface area contributed by atoms with Gasteiger partial charge in [0.05, 0.1) is 13.5 Å². The Morgan fingerprint density at radius 2 is 2.24 bits per heavy atom. The van der Waals surface area contributed by atoms with E-state index in [-0.39, 0.29) is 18.4 Å². The topological polar surface area (TPSA) is 46.6 Å². The number of methoxy groups -OCH3 is 1. The highest BCUT2D eigenvalue weighted by molar-refractivity contribution is 7.10. The van der Waals surface area contributed by atoms with Crippen molar-refractivity contribution in [3.8, 4) is 0 Å². The van der Waals surface area contributed by atoms with Crippen molar-refractivity contribution in [1.82, 2.24) is 4.90 Å². The molecule has 0 saturated carbocycles. The molecule has 5 heteroatoms. The van der Waals surface area contributed by atoms with Gasteiger partial charge in [-0.1, -0.05) is 13.0 Å². The largest absolute Gasteiger partial charge is 0.468 e. The first-order valence-electron chi connectivity index (χ1n) is 5.54. The van der Waals surface area contributed by atoms with E-state index in [1.807, 2.05) is 24.4 Å². The molecule has 0 fully saturated rings. The Bertz CT molecular complexity index is 362. The zero-order valence-electron chi connectivity index (χ0n) is 10.1. The van der Waals surface area contributed by atoms with Crippen LogP contribution in [-0.2, 0) is 20.7 Å². The maximum Gasteiger partial charge on any atom is 0.325 e. The summed E-state index contributed by atoms with van der Waals surface area (Å²) < 4.78 is 4.58. The fourth-order valence-electron chi connectivity index (χ4n) is 1.46. The van der Waals surface area contributed by atoms with Crippen LogP contribution in [0, 0.1) is 0 Å². The van der Waals surface area contributed by atoms with E-state index in [9.17, 15) is 9.59 Å². The smallest absolute Gasteiger partial charge is 0.325 e. The van der Waals surface area contributed by atoms with Gasteiger partial charge in [0, 0.05) is 11.4 Å². The first-order valence-corrected chi connectivity index (χ1v) is 6.42. The number of rotatable bonds is 6. The van der Waals surface area contributed by atoms with Gasteiger partial charge in [0.1, 0.15) is 6.54 Å². The minimum Gasteiger partial charge on any atom is -0.468 e. The van der Waals surface area contributed by atoms with Crippen molar-refractivity contribution in [2.24, 2.45) is 0 Å². The molecule has 0 aliphatic carbocycles. The van der Waals surface area contributed by atoms with Crippen LogP contribution in [-0.4, -0.2) is 37.0 Å². The van der Waals surface area contributed by atoms with Crippen LogP contribution in [0.5, 0.6) is 0 Å². The molecule has 1 amide bonds. The van der Waals surface area contributed by atoms with Gasteiger partial charge in [-0.3, -0.25) is 9.59 Å². The molecule has 1 aromatic rings. The van der Waals surface area contributed by atoms with E-state index in [4.69, 9.17) is 0 Å². The molecule has 0 atom stereocenters. The number of ether oxygens (including phenoxy) is 1. The standard InChI is InChI=1S/C12H17NO3S/c1-3-6-13(9-12(15)16-2)11(14)8-10-5-4-7-17-10/h4-5,7H,3,6,8-9H2,1-2H3. The van der Waals surface area contributed by atoms with Crippen molar-refractivity contribution in [2.45, 2.75) is 19.8 Å². The molecule has 0 aliphatic rings. The molecule has 94 valence electrons. The molecule has 0 aliphatic heterocycles. The lowest BCUT2D eigenvalue weighted by atomic mass is 10.3. The van der Waals surface area contributed by atoms with E-state index in [0.29, 0.717) is 13.0 Å². The van der Waals surface area contributed by atoms with Crippen LogP contribution in [0.4, 0.5) is 0 Å². The van der Waals surface area contributed by atoms with Crippen molar-refractivity contribution in [1.29, 1.82) is 0 Å². The second-order valence-electron chi connectivity index (χ2n) is 3.65. The fraction of sp³-hybridized carbons (Fsp3) is 0.500. The predicted molar refractivity (Wildman–Crippen MR) is 66.9 cm³/mol. The van der Waals surface area contributed by atoms with Crippen molar-refractivity contribution < 1.29 is 14.3 Å². The third-order valence-corrected chi connectivity index (χ3v) is 3.18. The number of hydrogen-bond donors (Lipinski definition) is 0. The van der Waals surface area contributed by atoms with Crippen molar-refractivity contribution >= 4 is 23.2 Å². The van der Waals surface area contributed by atoms with Crippen molar-refractivity contribution in [2.75, 3.05) is 20.2 Å². The quantitative estimate of drug-likeness (QED) is 0.727. The highest BCUT2D eigenvalue weighted by Gasteiger charge is 2.17. The SMILES string of the molecule is CCCN(CC(=O)OC)C(=O)Cc1cccs1. The number of carbonyl (C=O) groups excluding carboxylic acids is 2. The summed E-state index contributed by atoms with van der Waals surface area (Å²) in [6.45, 7) is 2.59. The maximum atomic E-state index is 12.0. The van der Waals surface area contributed by atoms with Crippen LogP contribution in [0.2, 0.25) is 0 Å². The molecule has 1 rings (SSSR count). The first kappa shape index (κ1) is 13.7. The Morgan fingerprint density at radius 3 is 2.76 bits per heavy atom. The second kappa shape index (κ2) is 7.06. The van der Waals surface area contributed by atoms with E-state index in [1.54, 1.807) is 16.2 Å². The van der Waals surface area contributed by atoms with Crippen LogP contribution < -0.4 is 0 Å². The fourth-order valence-corrected chi connectivity index (χ4v) is 2.15. The van der Waals surface area contributed by atoms with Gasteiger partial charge >= 0.3 is 5.97 Å². The van der Waals surface area contributed by atoms with Crippen molar-refractivity contribution in [3.05, 3.63) is 22.4 Å². The highest BCUT2D eigenvalue weighted by atomic mass is 32.1. The Balaban J connectivity index is 2.56. The van der Waals surface area contributed by atoms with Crippen LogP contribution in [0.3, 0.4) is 0 Å². The number of hydrogen-bond acceptors (Lipinski definition) is 4. The molecule has 0 radical (unpaired) electrons. The first-order chi connectivity index (χ1) is 8.17. The van der Waals surface area contributed by atoms with Gasteiger partial charge in [-0.15, -0.1) is 11.3 Å². The van der Waals surface area contributed by atoms with E-state index in [1.165, 1.54) is 7.11 Å². The average Bonchev–Trinajstić information content (AvgIpc) is 2.81. The molecule has 1 aromatic heterocycles. The molecule has 0 unspecified atom stereocenters. The third kappa shape index (κ3) is 4.56. The average molecular weight is 255 g/mol. The Morgan fingerprint density at radius 1 is 1.47 bits per heavy atom. The van der Waals surface area contributed by atoms with Crippen LogP contribution in [0.15, 0.2) is 17.5 Å². The van der Waals surface area contributed by atoms with E-state index >= 15 is 0 Å². The normalized spacial score (nSPS) is 10.0. The van der Waals surface area contributed by atoms with E-state index in [2.05, 4.69) is 4.74 Å². The molecule has 0 N–H and O–H groups in total. The summed E-state index contributed by atoms with van der Waals surface area (Å²) >= 11 is 1.55. The number of nitrogens with zero attached hydrogens (tertiary/aromatic N) is 1. The molecular formula is C12H17NO3S. The van der Waals surface area contributed by atoms with Gasteiger partial charge in [-0.2, -0.15) is 0 Å². The molecule has 0 bridgehead atoms. The van der Waals surface area contributed by atoms with Crippen LogP contribution >= 0.6 is 11.3 Å². The van der Waals surface area contributed by atoms with Gasteiger partial charge in [-0.05, 0) is 17.9 Å². The summed E-state index contributed by atoms with van der Waals surface area (Å²) in [5, 5.41) is 1.94. The van der Waals surface area contributed by atoms with Crippen LogP contribution in [0.25, 0.3) is 0 Å².